The molecule has 0 aromatic heterocycles. The number of fused-ring (bicyclic) bond motifs is 2. The van der Waals surface area contributed by atoms with Crippen LogP contribution in [0, 0.1) is 10.8 Å². The van der Waals surface area contributed by atoms with Gasteiger partial charge in [-0.25, -0.2) is 0 Å². The van der Waals surface area contributed by atoms with Gasteiger partial charge in [-0.1, -0.05) is 68.6 Å². The van der Waals surface area contributed by atoms with E-state index in [1.165, 1.54) is 6.42 Å². The van der Waals surface area contributed by atoms with Gasteiger partial charge in [-0.05, 0) is 19.3 Å². The molecule has 3 nitrogen and oxygen atoms in total. The minimum absolute atomic E-state index is 0.128. The first kappa shape index (κ1) is 14.0. The summed E-state index contributed by atoms with van der Waals surface area (Å²) < 4.78 is 5.75. The highest BCUT2D eigenvalue weighted by atomic mass is 79.9. The van der Waals surface area contributed by atoms with Crippen molar-refractivity contribution in [3.63, 3.8) is 0 Å². The Morgan fingerprint density at radius 1 is 1.18 bits per heavy atom. The number of alkyl halides is 2. The molecule has 1 aromatic rings. The third kappa shape index (κ3) is 1.29. The summed E-state index contributed by atoms with van der Waals surface area (Å²) in [5.74, 6) is 0.275. The van der Waals surface area contributed by atoms with Crippen molar-refractivity contribution < 1.29 is 9.53 Å². The zero-order valence-electron chi connectivity index (χ0n) is 12.1. The maximum Gasteiger partial charge on any atom is 0.234 e. The van der Waals surface area contributed by atoms with Crippen molar-refractivity contribution >= 4 is 37.8 Å². The van der Waals surface area contributed by atoms with Crippen LogP contribution in [0.5, 0.6) is 0 Å². The number of hydrogen-bond acceptors (Lipinski definition) is 2. The van der Waals surface area contributed by atoms with E-state index < -0.39 is 0 Å². The first-order valence-electron chi connectivity index (χ1n) is 7.92. The fourth-order valence-corrected chi connectivity index (χ4v) is 7.82. The van der Waals surface area contributed by atoms with Crippen LogP contribution in [0.25, 0.3) is 0 Å². The zero-order chi connectivity index (χ0) is 15.2. The molecule has 4 aliphatic rings. The van der Waals surface area contributed by atoms with E-state index in [0.29, 0.717) is 6.61 Å². The van der Waals surface area contributed by atoms with E-state index in [1.54, 1.807) is 0 Å². The summed E-state index contributed by atoms with van der Waals surface area (Å²) in [4.78, 5) is 15.4. The molecule has 2 spiro atoms. The molecule has 0 radical (unpaired) electrons. The van der Waals surface area contributed by atoms with E-state index in [4.69, 9.17) is 4.74 Å². The number of nitrogens with zero attached hydrogens (tertiary/aromatic N) is 1. The number of amides is 1. The number of rotatable bonds is 1. The second kappa shape index (κ2) is 4.17. The van der Waals surface area contributed by atoms with Gasteiger partial charge in [0.15, 0.2) is 6.23 Å². The molecule has 2 aliphatic heterocycles. The SMILES string of the molecule is O=C1N2C(CO[C@@H]2c2ccccc2)C[C@@]12C(Br)(Br)C21CCC1. The average molecular weight is 427 g/mol. The number of halogens is 2. The van der Waals surface area contributed by atoms with E-state index in [0.717, 1.165) is 24.8 Å². The van der Waals surface area contributed by atoms with Gasteiger partial charge < -0.3 is 9.64 Å². The predicted molar refractivity (Wildman–Crippen MR) is 89.7 cm³/mol. The van der Waals surface area contributed by atoms with Crippen LogP contribution in [0.2, 0.25) is 0 Å². The van der Waals surface area contributed by atoms with E-state index in [9.17, 15) is 4.79 Å². The minimum atomic E-state index is -0.264. The zero-order valence-corrected chi connectivity index (χ0v) is 15.3. The van der Waals surface area contributed by atoms with Gasteiger partial charge in [0.1, 0.15) is 3.23 Å². The second-order valence-corrected chi connectivity index (χ2v) is 10.5. The van der Waals surface area contributed by atoms with Crippen LogP contribution >= 0.6 is 31.9 Å². The predicted octanol–water partition coefficient (Wildman–Crippen LogP) is 3.97. The molecule has 2 aliphatic carbocycles. The Morgan fingerprint density at radius 2 is 1.91 bits per heavy atom. The van der Waals surface area contributed by atoms with Gasteiger partial charge in [0.25, 0.3) is 0 Å². The fraction of sp³-hybridized carbons (Fsp3) is 0.588. The van der Waals surface area contributed by atoms with Crippen LogP contribution in [0.15, 0.2) is 30.3 Å². The quantitative estimate of drug-likeness (QED) is 0.635. The molecule has 2 heterocycles. The van der Waals surface area contributed by atoms with Crippen LogP contribution in [0.1, 0.15) is 37.5 Å². The average Bonchev–Trinajstić information content (AvgIpc) is 2.77. The van der Waals surface area contributed by atoms with Crippen molar-refractivity contribution in [1.29, 1.82) is 0 Å². The summed E-state index contributed by atoms with van der Waals surface area (Å²) in [5.41, 5.74) is 0.941. The van der Waals surface area contributed by atoms with Gasteiger partial charge in [0.05, 0.1) is 18.1 Å². The third-order valence-corrected chi connectivity index (χ3v) is 9.29. The Hall–Kier alpha value is -0.390. The largest absolute Gasteiger partial charge is 0.352 e. The molecule has 2 saturated carbocycles. The molecular weight excluding hydrogens is 410 g/mol. The Bertz CT molecular complexity index is 658. The molecule has 3 atom stereocenters. The van der Waals surface area contributed by atoms with Crippen molar-refractivity contribution in [3.05, 3.63) is 35.9 Å². The molecule has 1 aromatic carbocycles. The van der Waals surface area contributed by atoms with Crippen molar-refractivity contribution in [2.45, 2.75) is 41.2 Å². The smallest absolute Gasteiger partial charge is 0.234 e. The first-order chi connectivity index (χ1) is 10.6. The van der Waals surface area contributed by atoms with Gasteiger partial charge in [-0.2, -0.15) is 0 Å². The van der Waals surface area contributed by atoms with Crippen LogP contribution in [0.3, 0.4) is 0 Å². The van der Waals surface area contributed by atoms with Crippen molar-refractivity contribution in [1.82, 2.24) is 4.90 Å². The molecule has 22 heavy (non-hydrogen) atoms. The lowest BCUT2D eigenvalue weighted by Crippen LogP contribution is -2.35. The second-order valence-electron chi connectivity index (χ2n) is 7.08. The van der Waals surface area contributed by atoms with E-state index >= 15 is 0 Å². The highest BCUT2D eigenvalue weighted by Gasteiger charge is 2.92. The maximum absolute atomic E-state index is 13.4. The lowest BCUT2D eigenvalue weighted by atomic mass is 9.74. The summed E-state index contributed by atoms with van der Waals surface area (Å²) in [6.45, 7) is 0.652. The molecule has 1 unspecified atom stereocenters. The summed E-state index contributed by atoms with van der Waals surface area (Å²) in [6.07, 6.45) is 4.22. The topological polar surface area (TPSA) is 29.5 Å². The van der Waals surface area contributed by atoms with E-state index in [-0.39, 0.29) is 32.2 Å². The summed E-state index contributed by atoms with van der Waals surface area (Å²) in [7, 11) is 0. The highest BCUT2D eigenvalue weighted by molar-refractivity contribution is 9.25. The molecule has 4 fully saturated rings. The highest BCUT2D eigenvalue weighted by Crippen LogP contribution is 2.90. The lowest BCUT2D eigenvalue weighted by molar-refractivity contribution is -0.140. The molecule has 5 rings (SSSR count). The van der Waals surface area contributed by atoms with Crippen LogP contribution in [0.4, 0.5) is 0 Å². The monoisotopic (exact) mass is 425 g/mol. The van der Waals surface area contributed by atoms with Crippen LogP contribution < -0.4 is 0 Å². The Labute approximate surface area is 146 Å². The Morgan fingerprint density at radius 3 is 2.50 bits per heavy atom. The van der Waals surface area contributed by atoms with Gasteiger partial charge >= 0.3 is 0 Å². The summed E-state index contributed by atoms with van der Waals surface area (Å²) in [5, 5.41) is 0. The fourth-order valence-electron chi connectivity index (χ4n) is 5.13. The van der Waals surface area contributed by atoms with Gasteiger partial charge in [0.2, 0.25) is 5.91 Å². The number of hydrogen-bond donors (Lipinski definition) is 0. The van der Waals surface area contributed by atoms with Gasteiger partial charge in [0, 0.05) is 11.0 Å². The molecule has 0 N–H and O–H groups in total. The number of ether oxygens (including phenoxy) is 1. The lowest BCUT2D eigenvalue weighted by Gasteiger charge is -2.30. The maximum atomic E-state index is 13.4. The normalized spacial score (nSPS) is 40.1. The van der Waals surface area contributed by atoms with Crippen LogP contribution in [-0.2, 0) is 9.53 Å². The Balaban J connectivity index is 1.53. The molecule has 1 amide bonds. The summed E-state index contributed by atoms with van der Waals surface area (Å²) in [6, 6.07) is 10.3. The van der Waals surface area contributed by atoms with E-state index in [1.807, 2.05) is 35.2 Å². The number of carbonyl (C=O) groups is 1. The molecule has 2 saturated heterocycles. The van der Waals surface area contributed by atoms with Crippen molar-refractivity contribution in [3.8, 4) is 0 Å². The van der Waals surface area contributed by atoms with Crippen molar-refractivity contribution in [2.24, 2.45) is 10.8 Å². The first-order valence-corrected chi connectivity index (χ1v) is 9.51. The number of carbonyl (C=O) groups excluding carboxylic acids is 1. The van der Waals surface area contributed by atoms with Crippen molar-refractivity contribution in [2.75, 3.05) is 6.61 Å². The standard InChI is InChI=1S/C17H17Br2NO2/c18-17(19)15(7-4-8-15)16(17)9-12-10-22-13(20(12)14(16)21)11-5-2-1-3-6-11/h1-3,5-6,12-13H,4,7-10H2/t12?,13-,16-/m1/s1. The van der Waals surface area contributed by atoms with E-state index in [2.05, 4.69) is 31.9 Å². The van der Waals surface area contributed by atoms with Gasteiger partial charge in [-0.15, -0.1) is 0 Å². The molecular formula is C17H17Br2NO2. The Kier molecular flexibility index (Phi) is 2.65. The third-order valence-electron chi connectivity index (χ3n) is 6.42. The molecule has 116 valence electrons. The van der Waals surface area contributed by atoms with Crippen LogP contribution in [-0.4, -0.2) is 26.7 Å². The molecule has 5 heteroatoms. The minimum Gasteiger partial charge on any atom is -0.352 e. The number of benzene rings is 1. The molecule has 0 bridgehead atoms. The summed E-state index contributed by atoms with van der Waals surface area (Å²) >= 11 is 7.71. The van der Waals surface area contributed by atoms with Gasteiger partial charge in [-0.3, -0.25) is 4.79 Å².